The Balaban J connectivity index is 2.20. The Bertz CT molecular complexity index is 536. The third-order valence-corrected chi connectivity index (χ3v) is 3.99. The summed E-state index contributed by atoms with van der Waals surface area (Å²) in [4.78, 5) is 16.0. The summed E-state index contributed by atoms with van der Waals surface area (Å²) in [6, 6.07) is 7.08. The topological polar surface area (TPSA) is 82.2 Å². The Hall–Kier alpha value is -2.24. The number of rotatable bonds is 2. The molecule has 1 aromatic carbocycles. The zero-order valence-electron chi connectivity index (χ0n) is 12.5. The first-order valence-electron chi connectivity index (χ1n) is 7.14. The average Bonchev–Trinajstić information content (AvgIpc) is 2.53. The fourth-order valence-corrected chi connectivity index (χ4v) is 2.55. The average molecular weight is 290 g/mol. The van der Waals surface area contributed by atoms with E-state index in [0.717, 1.165) is 25.9 Å². The molecular formula is C15H22N4O2. The predicted octanol–water partition coefficient (Wildman–Crippen LogP) is 2.07. The van der Waals surface area contributed by atoms with Crippen LogP contribution in [0.15, 0.2) is 29.4 Å². The lowest BCUT2D eigenvalue weighted by molar-refractivity contribution is 0.181. The van der Waals surface area contributed by atoms with Crippen molar-refractivity contribution in [3.63, 3.8) is 0 Å². The lowest BCUT2D eigenvalue weighted by Gasteiger charge is -2.33. The highest BCUT2D eigenvalue weighted by Gasteiger charge is 2.25. The van der Waals surface area contributed by atoms with Gasteiger partial charge < -0.3 is 15.8 Å². The molecule has 1 aromatic rings. The molecule has 0 aliphatic carbocycles. The molecule has 2 rings (SSSR count). The van der Waals surface area contributed by atoms with Gasteiger partial charge in [0, 0.05) is 25.7 Å². The molecule has 6 heteroatoms. The highest BCUT2D eigenvalue weighted by molar-refractivity contribution is 6.05. The third kappa shape index (κ3) is 3.26. The maximum absolute atomic E-state index is 12.6. The Kier molecular flexibility index (Phi) is 4.67. The second-order valence-corrected chi connectivity index (χ2v) is 5.51. The van der Waals surface area contributed by atoms with Gasteiger partial charge in [0.05, 0.1) is 5.69 Å². The number of para-hydroxylation sites is 1. The maximum atomic E-state index is 12.6. The minimum Gasteiger partial charge on any atom is -0.409 e. The Morgan fingerprint density at radius 1 is 1.38 bits per heavy atom. The van der Waals surface area contributed by atoms with Crippen LogP contribution in [0.3, 0.4) is 0 Å². The fourth-order valence-electron chi connectivity index (χ4n) is 2.55. The van der Waals surface area contributed by atoms with Crippen molar-refractivity contribution in [1.29, 1.82) is 0 Å². The number of nitrogens with zero attached hydrogens (tertiary/aromatic N) is 3. The molecule has 1 saturated heterocycles. The number of urea groups is 1. The zero-order valence-corrected chi connectivity index (χ0v) is 12.5. The number of oxime groups is 1. The van der Waals surface area contributed by atoms with Crippen molar-refractivity contribution in [1.82, 2.24) is 4.90 Å². The second-order valence-electron chi connectivity index (χ2n) is 5.51. The Morgan fingerprint density at radius 3 is 2.62 bits per heavy atom. The van der Waals surface area contributed by atoms with Gasteiger partial charge in [0.15, 0.2) is 5.84 Å². The molecule has 0 saturated carbocycles. The van der Waals surface area contributed by atoms with Gasteiger partial charge in [-0.05, 0) is 30.9 Å². The minimum absolute atomic E-state index is 0.00230. The number of benzene rings is 1. The summed E-state index contributed by atoms with van der Waals surface area (Å²) in [5, 5.41) is 11.9. The van der Waals surface area contributed by atoms with Gasteiger partial charge in [0.1, 0.15) is 0 Å². The molecule has 114 valence electrons. The number of carbonyl (C=O) groups is 1. The van der Waals surface area contributed by atoms with Gasteiger partial charge in [-0.15, -0.1) is 0 Å². The number of amidine groups is 1. The van der Waals surface area contributed by atoms with E-state index in [0.29, 0.717) is 17.2 Å². The standard InChI is InChI=1S/C15H22N4O2/c1-11-7-9-19(10-8-11)15(20)18(2)13-6-4-3-5-12(13)14(16)17-21/h3-6,11,21H,7-10H2,1-2H3,(H2,16,17). The Labute approximate surface area is 124 Å². The summed E-state index contributed by atoms with van der Waals surface area (Å²) < 4.78 is 0. The largest absolute Gasteiger partial charge is 0.409 e. The van der Waals surface area contributed by atoms with E-state index in [4.69, 9.17) is 10.9 Å². The molecule has 21 heavy (non-hydrogen) atoms. The van der Waals surface area contributed by atoms with E-state index >= 15 is 0 Å². The number of hydrogen-bond acceptors (Lipinski definition) is 3. The molecule has 1 aliphatic heterocycles. The van der Waals surface area contributed by atoms with Crippen LogP contribution in [0.2, 0.25) is 0 Å². The molecular weight excluding hydrogens is 268 g/mol. The summed E-state index contributed by atoms with van der Waals surface area (Å²) in [5.41, 5.74) is 6.86. The van der Waals surface area contributed by atoms with Crippen LogP contribution in [0.25, 0.3) is 0 Å². The molecule has 0 radical (unpaired) electrons. The van der Waals surface area contributed by atoms with Gasteiger partial charge in [0.25, 0.3) is 0 Å². The molecule has 2 amide bonds. The van der Waals surface area contributed by atoms with Crippen molar-refractivity contribution >= 4 is 17.6 Å². The summed E-state index contributed by atoms with van der Waals surface area (Å²) >= 11 is 0. The summed E-state index contributed by atoms with van der Waals surface area (Å²) in [5.74, 6) is 0.668. The molecule has 0 bridgehead atoms. The first kappa shape index (κ1) is 15.2. The lowest BCUT2D eigenvalue weighted by atomic mass is 9.99. The van der Waals surface area contributed by atoms with Crippen LogP contribution in [-0.2, 0) is 0 Å². The monoisotopic (exact) mass is 290 g/mol. The molecule has 0 aromatic heterocycles. The van der Waals surface area contributed by atoms with Crippen molar-refractivity contribution in [2.45, 2.75) is 19.8 Å². The van der Waals surface area contributed by atoms with Crippen LogP contribution in [0.1, 0.15) is 25.3 Å². The quantitative estimate of drug-likeness (QED) is 0.378. The van der Waals surface area contributed by atoms with Crippen LogP contribution in [0, 0.1) is 5.92 Å². The molecule has 0 atom stereocenters. The normalized spacial score (nSPS) is 16.9. The van der Waals surface area contributed by atoms with Crippen molar-refractivity contribution in [3.8, 4) is 0 Å². The highest BCUT2D eigenvalue weighted by atomic mass is 16.4. The molecule has 6 nitrogen and oxygen atoms in total. The smallest absolute Gasteiger partial charge is 0.324 e. The van der Waals surface area contributed by atoms with E-state index in [9.17, 15) is 4.79 Å². The molecule has 0 unspecified atom stereocenters. The van der Waals surface area contributed by atoms with Gasteiger partial charge in [-0.1, -0.05) is 24.2 Å². The van der Waals surface area contributed by atoms with Crippen molar-refractivity contribution in [2.24, 2.45) is 16.8 Å². The number of nitrogens with two attached hydrogens (primary N) is 1. The minimum atomic E-state index is -0.0555. The van der Waals surface area contributed by atoms with Gasteiger partial charge in [-0.25, -0.2) is 4.79 Å². The number of likely N-dealkylation sites (tertiary alicyclic amines) is 1. The van der Waals surface area contributed by atoms with E-state index in [-0.39, 0.29) is 11.9 Å². The van der Waals surface area contributed by atoms with Gasteiger partial charge in [-0.3, -0.25) is 4.90 Å². The van der Waals surface area contributed by atoms with Crippen molar-refractivity contribution in [2.75, 3.05) is 25.0 Å². The van der Waals surface area contributed by atoms with Gasteiger partial charge in [0.2, 0.25) is 0 Å². The maximum Gasteiger partial charge on any atom is 0.324 e. The van der Waals surface area contributed by atoms with Crippen LogP contribution in [-0.4, -0.2) is 42.1 Å². The van der Waals surface area contributed by atoms with Crippen molar-refractivity contribution in [3.05, 3.63) is 29.8 Å². The second kappa shape index (κ2) is 6.47. The Morgan fingerprint density at radius 2 is 2.00 bits per heavy atom. The van der Waals surface area contributed by atoms with E-state index in [2.05, 4.69) is 12.1 Å². The van der Waals surface area contributed by atoms with Crippen LogP contribution in [0.5, 0.6) is 0 Å². The molecule has 3 N–H and O–H groups in total. The highest BCUT2D eigenvalue weighted by Crippen LogP contribution is 2.22. The fraction of sp³-hybridized carbons (Fsp3) is 0.467. The van der Waals surface area contributed by atoms with Crippen molar-refractivity contribution < 1.29 is 10.0 Å². The number of piperidine rings is 1. The number of amides is 2. The number of carbonyl (C=O) groups excluding carboxylic acids is 1. The summed E-state index contributed by atoms with van der Waals surface area (Å²) in [6.45, 7) is 3.76. The van der Waals surface area contributed by atoms with E-state index in [1.165, 1.54) is 0 Å². The molecule has 1 fully saturated rings. The van der Waals surface area contributed by atoms with Gasteiger partial charge >= 0.3 is 6.03 Å². The molecule has 1 heterocycles. The molecule has 0 spiro atoms. The lowest BCUT2D eigenvalue weighted by Crippen LogP contribution is -2.45. The van der Waals surface area contributed by atoms with E-state index in [1.807, 2.05) is 11.0 Å². The van der Waals surface area contributed by atoms with E-state index in [1.54, 1.807) is 30.1 Å². The van der Waals surface area contributed by atoms with Crippen LogP contribution < -0.4 is 10.6 Å². The number of anilines is 1. The zero-order chi connectivity index (χ0) is 15.4. The first-order chi connectivity index (χ1) is 10.0. The van der Waals surface area contributed by atoms with E-state index < -0.39 is 0 Å². The summed E-state index contributed by atoms with van der Waals surface area (Å²) in [6.07, 6.45) is 2.06. The third-order valence-electron chi connectivity index (χ3n) is 3.99. The predicted molar refractivity (Wildman–Crippen MR) is 82.7 cm³/mol. The van der Waals surface area contributed by atoms with Crippen LogP contribution in [0.4, 0.5) is 10.5 Å². The first-order valence-corrected chi connectivity index (χ1v) is 7.14. The van der Waals surface area contributed by atoms with Gasteiger partial charge in [-0.2, -0.15) is 0 Å². The SMILES string of the molecule is CC1CCN(C(=O)N(C)c2ccccc2/C(N)=N/O)CC1. The van der Waals surface area contributed by atoms with Crippen LogP contribution >= 0.6 is 0 Å². The molecule has 1 aliphatic rings. The summed E-state index contributed by atoms with van der Waals surface area (Å²) in [7, 11) is 1.71. The number of hydrogen-bond donors (Lipinski definition) is 2.